The second kappa shape index (κ2) is 6.08. The first-order valence-electron chi connectivity index (χ1n) is 5.79. The molecule has 0 aromatic rings. The fourth-order valence-electron chi connectivity index (χ4n) is 1.73. The van der Waals surface area contributed by atoms with E-state index in [1.165, 1.54) is 0 Å². The van der Waals surface area contributed by atoms with Gasteiger partial charge in [0, 0.05) is 19.6 Å². The third-order valence-corrected chi connectivity index (χ3v) is 2.60. The van der Waals surface area contributed by atoms with E-state index in [4.69, 9.17) is 4.74 Å². The molecule has 0 aromatic heterocycles. The van der Waals surface area contributed by atoms with Gasteiger partial charge in [-0.1, -0.05) is 6.92 Å². The van der Waals surface area contributed by atoms with Crippen molar-refractivity contribution in [1.82, 2.24) is 10.2 Å². The molecular weight excluding hydrogens is 192 g/mol. The first kappa shape index (κ1) is 12.5. The molecule has 88 valence electrons. The van der Waals surface area contributed by atoms with Gasteiger partial charge < -0.3 is 15.0 Å². The molecule has 1 aliphatic rings. The molecule has 0 bridgehead atoms. The smallest absolute Gasteiger partial charge is 0.239 e. The van der Waals surface area contributed by atoms with E-state index in [2.05, 4.69) is 5.32 Å². The summed E-state index contributed by atoms with van der Waals surface area (Å²) in [6.45, 7) is 9.10. The van der Waals surface area contributed by atoms with Crippen LogP contribution in [-0.2, 0) is 9.53 Å². The lowest BCUT2D eigenvalue weighted by molar-refractivity contribution is -0.136. The Morgan fingerprint density at radius 2 is 2.33 bits per heavy atom. The molecule has 15 heavy (non-hydrogen) atoms. The largest absolute Gasteiger partial charge is 0.377 e. The summed E-state index contributed by atoms with van der Waals surface area (Å²) in [5, 5.41) is 3.22. The molecule has 1 amide bonds. The predicted octanol–water partition coefficient (Wildman–Crippen LogP) is 0.622. The van der Waals surface area contributed by atoms with E-state index in [0.717, 1.165) is 26.1 Å². The molecule has 1 saturated heterocycles. The maximum Gasteiger partial charge on any atom is 0.239 e. The molecule has 1 aliphatic heterocycles. The Morgan fingerprint density at radius 3 is 2.93 bits per heavy atom. The zero-order valence-corrected chi connectivity index (χ0v) is 9.95. The maximum absolute atomic E-state index is 11.8. The lowest BCUT2D eigenvalue weighted by Crippen LogP contribution is -2.55. The van der Waals surface area contributed by atoms with Gasteiger partial charge in [-0.05, 0) is 20.3 Å². The van der Waals surface area contributed by atoms with Gasteiger partial charge >= 0.3 is 0 Å². The highest BCUT2D eigenvalue weighted by Gasteiger charge is 2.26. The van der Waals surface area contributed by atoms with Crippen LogP contribution in [0.15, 0.2) is 0 Å². The SMILES string of the molecule is CCC1NCCN(CCOC(C)C)C1=O. The van der Waals surface area contributed by atoms with E-state index in [1.807, 2.05) is 25.7 Å². The highest BCUT2D eigenvalue weighted by Crippen LogP contribution is 2.04. The molecular formula is C11H22N2O2. The van der Waals surface area contributed by atoms with Crippen molar-refractivity contribution in [3.8, 4) is 0 Å². The molecule has 1 rings (SSSR count). The number of nitrogens with zero attached hydrogens (tertiary/aromatic N) is 1. The lowest BCUT2D eigenvalue weighted by Gasteiger charge is -2.32. The van der Waals surface area contributed by atoms with Gasteiger partial charge in [-0.15, -0.1) is 0 Å². The fourth-order valence-corrected chi connectivity index (χ4v) is 1.73. The maximum atomic E-state index is 11.8. The van der Waals surface area contributed by atoms with Crippen molar-refractivity contribution in [2.75, 3.05) is 26.2 Å². The Bertz CT molecular complexity index is 207. The Hall–Kier alpha value is -0.610. The molecule has 1 N–H and O–H groups in total. The van der Waals surface area contributed by atoms with Crippen LogP contribution in [0.3, 0.4) is 0 Å². The van der Waals surface area contributed by atoms with Crippen LogP contribution in [0.2, 0.25) is 0 Å². The monoisotopic (exact) mass is 214 g/mol. The van der Waals surface area contributed by atoms with Crippen LogP contribution in [-0.4, -0.2) is 49.2 Å². The first-order valence-corrected chi connectivity index (χ1v) is 5.79. The van der Waals surface area contributed by atoms with Gasteiger partial charge in [0.05, 0.1) is 18.8 Å². The minimum Gasteiger partial charge on any atom is -0.377 e. The molecule has 0 aromatic carbocycles. The van der Waals surface area contributed by atoms with Gasteiger partial charge in [0.15, 0.2) is 0 Å². The highest BCUT2D eigenvalue weighted by atomic mass is 16.5. The summed E-state index contributed by atoms with van der Waals surface area (Å²) in [7, 11) is 0. The zero-order chi connectivity index (χ0) is 11.3. The van der Waals surface area contributed by atoms with Gasteiger partial charge in [-0.2, -0.15) is 0 Å². The second-order valence-corrected chi connectivity index (χ2v) is 4.16. The highest BCUT2D eigenvalue weighted by molar-refractivity contribution is 5.82. The fraction of sp³-hybridized carbons (Fsp3) is 0.909. The molecule has 4 heteroatoms. The molecule has 1 unspecified atom stereocenters. The van der Waals surface area contributed by atoms with Crippen molar-refractivity contribution in [2.45, 2.75) is 39.3 Å². The second-order valence-electron chi connectivity index (χ2n) is 4.16. The number of hydrogen-bond acceptors (Lipinski definition) is 3. The number of piperazine rings is 1. The summed E-state index contributed by atoms with van der Waals surface area (Å²) < 4.78 is 5.45. The van der Waals surface area contributed by atoms with Gasteiger partial charge in [-0.3, -0.25) is 4.79 Å². The molecule has 1 fully saturated rings. The van der Waals surface area contributed by atoms with Crippen LogP contribution < -0.4 is 5.32 Å². The molecule has 1 atom stereocenters. The summed E-state index contributed by atoms with van der Waals surface area (Å²) in [5.41, 5.74) is 0. The van der Waals surface area contributed by atoms with E-state index < -0.39 is 0 Å². The van der Waals surface area contributed by atoms with Gasteiger partial charge in [0.2, 0.25) is 5.91 Å². The van der Waals surface area contributed by atoms with E-state index in [0.29, 0.717) is 6.61 Å². The Balaban J connectivity index is 2.31. The van der Waals surface area contributed by atoms with Gasteiger partial charge in [0.25, 0.3) is 0 Å². The Labute approximate surface area is 92.0 Å². The minimum absolute atomic E-state index is 0.0119. The normalized spacial score (nSPS) is 22.5. The first-order chi connectivity index (χ1) is 7.15. The van der Waals surface area contributed by atoms with Gasteiger partial charge in [0.1, 0.15) is 0 Å². The van der Waals surface area contributed by atoms with Crippen molar-refractivity contribution < 1.29 is 9.53 Å². The number of ether oxygens (including phenoxy) is 1. The van der Waals surface area contributed by atoms with E-state index in [-0.39, 0.29) is 18.1 Å². The van der Waals surface area contributed by atoms with Crippen LogP contribution in [0, 0.1) is 0 Å². The quantitative estimate of drug-likeness (QED) is 0.729. The average Bonchev–Trinajstić information content (AvgIpc) is 2.20. The summed E-state index contributed by atoms with van der Waals surface area (Å²) in [4.78, 5) is 13.7. The van der Waals surface area contributed by atoms with Crippen LogP contribution in [0.5, 0.6) is 0 Å². The van der Waals surface area contributed by atoms with Crippen molar-refractivity contribution >= 4 is 5.91 Å². The number of carbonyl (C=O) groups excluding carboxylic acids is 1. The topological polar surface area (TPSA) is 41.6 Å². The molecule has 0 saturated carbocycles. The third-order valence-electron chi connectivity index (χ3n) is 2.60. The predicted molar refractivity (Wildman–Crippen MR) is 59.7 cm³/mol. The summed E-state index contributed by atoms with van der Waals surface area (Å²) >= 11 is 0. The van der Waals surface area contributed by atoms with Crippen molar-refractivity contribution in [3.63, 3.8) is 0 Å². The van der Waals surface area contributed by atoms with Crippen LogP contribution >= 0.6 is 0 Å². The number of hydrogen-bond donors (Lipinski definition) is 1. The number of rotatable bonds is 5. The van der Waals surface area contributed by atoms with E-state index >= 15 is 0 Å². The summed E-state index contributed by atoms with van der Waals surface area (Å²) in [6, 6.07) is 0.0119. The zero-order valence-electron chi connectivity index (χ0n) is 9.95. The van der Waals surface area contributed by atoms with Crippen molar-refractivity contribution in [1.29, 1.82) is 0 Å². The number of carbonyl (C=O) groups is 1. The Kier molecular flexibility index (Phi) is 5.05. The minimum atomic E-state index is 0.0119. The van der Waals surface area contributed by atoms with Crippen molar-refractivity contribution in [2.24, 2.45) is 0 Å². The number of nitrogens with one attached hydrogen (secondary N) is 1. The van der Waals surface area contributed by atoms with Crippen LogP contribution in [0.4, 0.5) is 0 Å². The average molecular weight is 214 g/mol. The third kappa shape index (κ3) is 3.80. The standard InChI is InChI=1S/C11H22N2O2/c1-4-10-11(14)13(6-5-12-10)7-8-15-9(2)3/h9-10,12H,4-8H2,1-3H3. The van der Waals surface area contributed by atoms with E-state index in [1.54, 1.807) is 0 Å². The van der Waals surface area contributed by atoms with Crippen LogP contribution in [0.1, 0.15) is 27.2 Å². The van der Waals surface area contributed by atoms with E-state index in [9.17, 15) is 4.79 Å². The van der Waals surface area contributed by atoms with Crippen molar-refractivity contribution in [3.05, 3.63) is 0 Å². The van der Waals surface area contributed by atoms with Gasteiger partial charge in [-0.25, -0.2) is 0 Å². The number of amides is 1. The molecule has 0 radical (unpaired) electrons. The molecule has 1 heterocycles. The Morgan fingerprint density at radius 1 is 1.60 bits per heavy atom. The van der Waals surface area contributed by atoms with Crippen LogP contribution in [0.25, 0.3) is 0 Å². The lowest BCUT2D eigenvalue weighted by atomic mass is 10.1. The molecule has 0 aliphatic carbocycles. The summed E-state index contributed by atoms with van der Waals surface area (Å²) in [6.07, 6.45) is 1.10. The molecule has 0 spiro atoms. The summed E-state index contributed by atoms with van der Waals surface area (Å²) in [5.74, 6) is 0.219. The molecule has 4 nitrogen and oxygen atoms in total.